The Bertz CT molecular complexity index is 531. The van der Waals surface area contributed by atoms with Crippen LogP contribution in [0.2, 0.25) is 0 Å². The SMILES string of the molecule is CC1(C)OB(c2cc(I)nc3c2OCCC3)OC1(C)C. The van der Waals surface area contributed by atoms with Crippen molar-refractivity contribution in [1.82, 2.24) is 4.98 Å². The first kappa shape index (κ1) is 14.6. The topological polar surface area (TPSA) is 40.6 Å². The van der Waals surface area contributed by atoms with Gasteiger partial charge in [-0.2, -0.15) is 0 Å². The Hall–Kier alpha value is -0.335. The Balaban J connectivity index is 2.01. The largest absolute Gasteiger partial charge is 0.498 e. The normalized spacial score (nSPS) is 23.4. The number of rotatable bonds is 1. The van der Waals surface area contributed by atoms with E-state index in [4.69, 9.17) is 14.0 Å². The molecular weight excluding hydrogens is 368 g/mol. The number of nitrogens with zero attached hydrogens (tertiary/aromatic N) is 1. The van der Waals surface area contributed by atoms with Crippen molar-refractivity contribution >= 4 is 35.2 Å². The van der Waals surface area contributed by atoms with E-state index in [1.807, 2.05) is 6.07 Å². The summed E-state index contributed by atoms with van der Waals surface area (Å²) in [6.45, 7) is 8.99. The van der Waals surface area contributed by atoms with E-state index in [0.29, 0.717) is 0 Å². The van der Waals surface area contributed by atoms with E-state index in [1.54, 1.807) is 0 Å². The van der Waals surface area contributed by atoms with E-state index in [0.717, 1.165) is 40.1 Å². The van der Waals surface area contributed by atoms with Crippen LogP contribution in [0, 0.1) is 3.70 Å². The van der Waals surface area contributed by atoms with Gasteiger partial charge in [0.05, 0.1) is 23.5 Å². The van der Waals surface area contributed by atoms with Gasteiger partial charge in [0.2, 0.25) is 0 Å². The molecule has 0 spiro atoms. The number of fused-ring (bicyclic) bond motifs is 1. The van der Waals surface area contributed by atoms with Gasteiger partial charge in [-0.05, 0) is 69.2 Å². The second kappa shape index (κ2) is 4.85. The molecule has 1 saturated heterocycles. The van der Waals surface area contributed by atoms with Crippen molar-refractivity contribution in [3.05, 3.63) is 15.5 Å². The number of aromatic nitrogens is 1. The Morgan fingerprint density at radius 2 is 1.85 bits per heavy atom. The second-order valence-electron chi connectivity index (χ2n) is 6.35. The summed E-state index contributed by atoms with van der Waals surface area (Å²) in [6, 6.07) is 2.01. The van der Waals surface area contributed by atoms with Crippen molar-refractivity contribution in [3.63, 3.8) is 0 Å². The van der Waals surface area contributed by atoms with Gasteiger partial charge >= 0.3 is 7.12 Å². The molecule has 0 saturated carbocycles. The van der Waals surface area contributed by atoms with Crippen LogP contribution in [0.15, 0.2) is 6.07 Å². The molecule has 108 valence electrons. The summed E-state index contributed by atoms with van der Waals surface area (Å²) in [5.41, 5.74) is 1.31. The molecule has 0 radical (unpaired) electrons. The van der Waals surface area contributed by atoms with Crippen molar-refractivity contribution < 1.29 is 14.0 Å². The summed E-state index contributed by atoms with van der Waals surface area (Å²) in [5.74, 6) is 0.857. The lowest BCUT2D eigenvalue weighted by Gasteiger charge is -2.32. The first-order valence-electron chi connectivity index (χ1n) is 6.98. The van der Waals surface area contributed by atoms with Gasteiger partial charge < -0.3 is 14.0 Å². The van der Waals surface area contributed by atoms with Crippen LogP contribution in [-0.2, 0) is 15.7 Å². The fourth-order valence-electron chi connectivity index (χ4n) is 2.47. The van der Waals surface area contributed by atoms with Crippen LogP contribution in [0.4, 0.5) is 0 Å². The Morgan fingerprint density at radius 1 is 1.20 bits per heavy atom. The Labute approximate surface area is 133 Å². The number of pyridine rings is 1. The van der Waals surface area contributed by atoms with Gasteiger partial charge in [0.1, 0.15) is 9.45 Å². The van der Waals surface area contributed by atoms with E-state index < -0.39 is 0 Å². The molecule has 6 heteroatoms. The van der Waals surface area contributed by atoms with Crippen LogP contribution in [0.5, 0.6) is 5.75 Å². The van der Waals surface area contributed by atoms with Crippen molar-refractivity contribution in [2.75, 3.05) is 6.61 Å². The molecule has 2 aliphatic heterocycles. The highest BCUT2D eigenvalue weighted by Crippen LogP contribution is 2.37. The van der Waals surface area contributed by atoms with Crippen LogP contribution in [0.3, 0.4) is 0 Å². The highest BCUT2D eigenvalue weighted by Gasteiger charge is 2.52. The van der Waals surface area contributed by atoms with Crippen molar-refractivity contribution in [2.45, 2.75) is 51.7 Å². The summed E-state index contributed by atoms with van der Waals surface area (Å²) in [7, 11) is -0.386. The summed E-state index contributed by atoms with van der Waals surface area (Å²) >= 11 is 2.24. The molecule has 1 aromatic heterocycles. The third-order valence-electron chi connectivity index (χ3n) is 4.35. The number of hydrogen-bond acceptors (Lipinski definition) is 4. The average molecular weight is 387 g/mol. The number of aryl methyl sites for hydroxylation is 1. The zero-order valence-electron chi connectivity index (χ0n) is 12.3. The van der Waals surface area contributed by atoms with Crippen LogP contribution in [-0.4, -0.2) is 29.9 Å². The first-order valence-corrected chi connectivity index (χ1v) is 8.06. The number of hydrogen-bond donors (Lipinski definition) is 0. The van der Waals surface area contributed by atoms with Crippen molar-refractivity contribution in [3.8, 4) is 5.75 Å². The number of halogens is 1. The van der Waals surface area contributed by atoms with E-state index in [1.165, 1.54) is 0 Å². The molecule has 20 heavy (non-hydrogen) atoms. The first-order chi connectivity index (χ1) is 9.30. The third-order valence-corrected chi connectivity index (χ3v) is 4.90. The molecule has 3 rings (SSSR count). The highest BCUT2D eigenvalue weighted by atomic mass is 127. The maximum absolute atomic E-state index is 6.14. The smallest absolute Gasteiger partial charge is 0.492 e. The molecule has 1 fully saturated rings. The molecule has 4 nitrogen and oxygen atoms in total. The minimum Gasteiger partial charge on any atom is -0.492 e. The van der Waals surface area contributed by atoms with Crippen LogP contribution in [0.1, 0.15) is 39.8 Å². The third kappa shape index (κ3) is 2.35. The standard InChI is InChI=1S/C14H19BINO3/c1-13(2)14(3,4)20-15(19-13)9-8-11(16)17-10-6-5-7-18-12(9)10/h8H,5-7H2,1-4H3. The van der Waals surface area contributed by atoms with Crippen molar-refractivity contribution in [2.24, 2.45) is 0 Å². The minimum absolute atomic E-state index is 0.339. The minimum atomic E-state index is -0.386. The molecular formula is C14H19BINO3. The zero-order valence-corrected chi connectivity index (χ0v) is 14.5. The fourth-order valence-corrected chi connectivity index (χ4v) is 3.09. The maximum atomic E-state index is 6.14. The van der Waals surface area contributed by atoms with Crippen molar-refractivity contribution in [1.29, 1.82) is 0 Å². The molecule has 0 aliphatic carbocycles. The van der Waals surface area contributed by atoms with Gasteiger partial charge in [0.15, 0.2) is 0 Å². The molecule has 1 aromatic rings. The molecule has 0 unspecified atom stereocenters. The van der Waals surface area contributed by atoms with Crippen LogP contribution < -0.4 is 10.2 Å². The molecule has 0 bridgehead atoms. The molecule has 0 aromatic carbocycles. The zero-order chi connectivity index (χ0) is 14.5. The van der Waals surface area contributed by atoms with Gasteiger partial charge in [0.25, 0.3) is 0 Å². The molecule has 0 atom stereocenters. The highest BCUT2D eigenvalue weighted by molar-refractivity contribution is 14.1. The van der Waals surface area contributed by atoms with Crippen LogP contribution >= 0.6 is 22.6 Å². The summed E-state index contributed by atoms with van der Waals surface area (Å²) in [4.78, 5) is 4.57. The Kier molecular flexibility index (Phi) is 3.54. The molecule has 0 amide bonds. The number of ether oxygens (including phenoxy) is 1. The summed E-state index contributed by atoms with van der Waals surface area (Å²) < 4.78 is 19.1. The Morgan fingerprint density at radius 3 is 2.50 bits per heavy atom. The predicted octanol–water partition coefficient (Wildman–Crippen LogP) is 2.31. The molecule has 3 heterocycles. The fraction of sp³-hybridized carbons (Fsp3) is 0.643. The lowest BCUT2D eigenvalue weighted by Crippen LogP contribution is -2.41. The summed E-state index contributed by atoms with van der Waals surface area (Å²) in [6.07, 6.45) is 1.97. The van der Waals surface area contributed by atoms with E-state index in [2.05, 4.69) is 55.3 Å². The second-order valence-corrected chi connectivity index (χ2v) is 7.46. The average Bonchev–Trinajstić information content (AvgIpc) is 2.57. The van der Waals surface area contributed by atoms with Gasteiger partial charge in [-0.3, -0.25) is 0 Å². The van der Waals surface area contributed by atoms with Gasteiger partial charge in [0, 0.05) is 5.46 Å². The van der Waals surface area contributed by atoms with E-state index in [-0.39, 0.29) is 18.3 Å². The van der Waals surface area contributed by atoms with Gasteiger partial charge in [-0.25, -0.2) is 4.98 Å². The van der Waals surface area contributed by atoms with Crippen LogP contribution in [0.25, 0.3) is 0 Å². The van der Waals surface area contributed by atoms with Gasteiger partial charge in [-0.1, -0.05) is 0 Å². The predicted molar refractivity (Wildman–Crippen MR) is 86.5 cm³/mol. The van der Waals surface area contributed by atoms with Gasteiger partial charge in [-0.15, -0.1) is 0 Å². The summed E-state index contributed by atoms with van der Waals surface area (Å²) in [5, 5.41) is 0. The molecule has 0 N–H and O–H groups in total. The van der Waals surface area contributed by atoms with E-state index >= 15 is 0 Å². The molecule has 2 aliphatic rings. The monoisotopic (exact) mass is 387 g/mol. The van der Waals surface area contributed by atoms with E-state index in [9.17, 15) is 0 Å². The lowest BCUT2D eigenvalue weighted by atomic mass is 9.78. The quantitative estimate of drug-likeness (QED) is 0.422. The maximum Gasteiger partial charge on any atom is 0.498 e. The lowest BCUT2D eigenvalue weighted by molar-refractivity contribution is 0.00578.